The first kappa shape index (κ1) is 27.3. The van der Waals surface area contributed by atoms with Crippen LogP contribution in [0.5, 0.6) is 11.5 Å². The van der Waals surface area contributed by atoms with E-state index < -0.39 is 0 Å². The van der Waals surface area contributed by atoms with Crippen LogP contribution in [-0.4, -0.2) is 41.0 Å². The van der Waals surface area contributed by atoms with Crippen molar-refractivity contribution in [3.05, 3.63) is 83.3 Å². The first-order valence-electron chi connectivity index (χ1n) is 13.5. The first-order valence-corrected chi connectivity index (χ1v) is 13.5. The second kappa shape index (κ2) is 13.2. The Morgan fingerprint density at radius 1 is 0.895 bits per heavy atom. The third-order valence-corrected chi connectivity index (χ3v) is 6.80. The molecular formula is C31H38N2O5. The second-order valence-electron chi connectivity index (χ2n) is 10.1. The van der Waals surface area contributed by atoms with Gasteiger partial charge < -0.3 is 23.7 Å². The monoisotopic (exact) mass is 518 g/mol. The lowest BCUT2D eigenvalue weighted by molar-refractivity contribution is -0.133. The molecule has 7 heteroatoms. The summed E-state index contributed by atoms with van der Waals surface area (Å²) in [6, 6.07) is 17.0. The van der Waals surface area contributed by atoms with Gasteiger partial charge in [0.15, 0.2) is 11.5 Å². The average Bonchev–Trinajstić information content (AvgIpc) is 3.61. The molecule has 0 fully saturated rings. The van der Waals surface area contributed by atoms with Crippen molar-refractivity contribution in [2.45, 2.75) is 72.0 Å². The smallest absolute Gasteiger partial charge is 0.254 e. The number of ether oxygens (including phenoxy) is 2. The number of fused-ring (bicyclic) bond motifs is 1. The molecule has 2 amide bonds. The predicted octanol–water partition coefficient (Wildman–Crippen LogP) is 6.21. The Morgan fingerprint density at radius 3 is 2.37 bits per heavy atom. The Hall–Kier alpha value is -3.74. The molecule has 1 aliphatic rings. The first-order chi connectivity index (χ1) is 18.4. The lowest BCUT2D eigenvalue weighted by atomic mass is 10.0. The Balaban J connectivity index is 1.45. The number of benzene rings is 2. The van der Waals surface area contributed by atoms with Crippen LogP contribution in [0.4, 0.5) is 0 Å². The number of carbonyl (C=O) groups excluding carboxylic acids is 2. The van der Waals surface area contributed by atoms with Crippen LogP contribution in [0.1, 0.15) is 73.7 Å². The van der Waals surface area contributed by atoms with Gasteiger partial charge in [-0.2, -0.15) is 0 Å². The maximum atomic E-state index is 13.6. The Bertz CT molecular complexity index is 1190. The normalized spacial score (nSPS) is 12.1. The molecule has 2 aromatic carbocycles. The highest BCUT2D eigenvalue weighted by atomic mass is 16.7. The second-order valence-corrected chi connectivity index (χ2v) is 10.1. The van der Waals surface area contributed by atoms with E-state index in [9.17, 15) is 9.59 Å². The number of nitrogens with zero attached hydrogens (tertiary/aromatic N) is 2. The molecule has 0 radical (unpaired) electrons. The number of hydrogen-bond donors (Lipinski definition) is 0. The van der Waals surface area contributed by atoms with Crippen LogP contribution in [0.15, 0.2) is 65.3 Å². The van der Waals surface area contributed by atoms with E-state index in [-0.39, 0.29) is 31.2 Å². The van der Waals surface area contributed by atoms with Crippen LogP contribution in [0, 0.1) is 0 Å². The summed E-state index contributed by atoms with van der Waals surface area (Å²) < 4.78 is 16.4. The number of amides is 2. The maximum Gasteiger partial charge on any atom is 0.254 e. The van der Waals surface area contributed by atoms with Crippen LogP contribution in [-0.2, 0) is 24.3 Å². The van der Waals surface area contributed by atoms with Gasteiger partial charge in [-0.3, -0.25) is 9.59 Å². The molecule has 1 aromatic heterocycles. The molecule has 2 heterocycles. The van der Waals surface area contributed by atoms with Crippen molar-refractivity contribution in [3.63, 3.8) is 0 Å². The van der Waals surface area contributed by atoms with Crippen molar-refractivity contribution in [2.75, 3.05) is 13.3 Å². The summed E-state index contributed by atoms with van der Waals surface area (Å²) in [5, 5.41) is 0. The minimum Gasteiger partial charge on any atom is -0.467 e. The van der Waals surface area contributed by atoms with E-state index in [1.165, 1.54) is 24.8 Å². The van der Waals surface area contributed by atoms with Crippen LogP contribution < -0.4 is 9.47 Å². The van der Waals surface area contributed by atoms with Gasteiger partial charge in [0.2, 0.25) is 12.7 Å². The Morgan fingerprint density at radius 2 is 1.66 bits per heavy atom. The van der Waals surface area contributed by atoms with Gasteiger partial charge in [0, 0.05) is 18.2 Å². The van der Waals surface area contributed by atoms with E-state index in [1.807, 2.05) is 62.4 Å². The highest BCUT2D eigenvalue weighted by Gasteiger charge is 2.26. The fourth-order valence-electron chi connectivity index (χ4n) is 4.55. The zero-order valence-corrected chi connectivity index (χ0v) is 22.7. The standard InChI is InChI=1S/C31H38N2O5/c1-4-5-6-7-9-24-11-14-26(15-12-24)31(35)33(23(2)3)21-30(34)32(20-27-10-8-17-36-27)19-25-13-16-28-29(18-25)38-22-37-28/h8,10-18,23H,4-7,9,19-22H2,1-3H3. The third kappa shape index (κ3) is 7.18. The summed E-state index contributed by atoms with van der Waals surface area (Å²) in [5.41, 5.74) is 2.74. The van der Waals surface area contributed by atoms with Crippen molar-refractivity contribution in [1.29, 1.82) is 0 Å². The SMILES string of the molecule is CCCCCCc1ccc(C(=O)N(CC(=O)N(Cc2ccc3c(c2)OCO3)Cc2ccco2)C(C)C)cc1. The summed E-state index contributed by atoms with van der Waals surface area (Å²) in [7, 11) is 0. The van der Waals surface area contributed by atoms with E-state index in [4.69, 9.17) is 13.9 Å². The summed E-state index contributed by atoms with van der Waals surface area (Å²) >= 11 is 0. The topological polar surface area (TPSA) is 72.2 Å². The van der Waals surface area contributed by atoms with Crippen molar-refractivity contribution in [2.24, 2.45) is 0 Å². The van der Waals surface area contributed by atoms with Crippen LogP contribution in [0.2, 0.25) is 0 Å². The van der Waals surface area contributed by atoms with Gasteiger partial charge >= 0.3 is 0 Å². The molecule has 0 saturated carbocycles. The molecule has 4 rings (SSSR count). The fourth-order valence-corrected chi connectivity index (χ4v) is 4.55. The lowest BCUT2D eigenvalue weighted by Crippen LogP contribution is -2.45. The maximum absolute atomic E-state index is 13.6. The summed E-state index contributed by atoms with van der Waals surface area (Å²) in [4.78, 5) is 30.4. The minimum atomic E-state index is -0.159. The number of aryl methyl sites for hydroxylation is 1. The number of furan rings is 1. The van der Waals surface area contributed by atoms with Gasteiger partial charge in [-0.15, -0.1) is 0 Å². The van der Waals surface area contributed by atoms with Gasteiger partial charge in [0.1, 0.15) is 12.3 Å². The molecule has 0 atom stereocenters. The number of hydrogen-bond acceptors (Lipinski definition) is 5. The molecule has 7 nitrogen and oxygen atoms in total. The summed E-state index contributed by atoms with van der Waals surface area (Å²) in [6.07, 6.45) is 7.45. The van der Waals surface area contributed by atoms with Crippen LogP contribution in [0.3, 0.4) is 0 Å². The zero-order valence-electron chi connectivity index (χ0n) is 22.7. The Kier molecular flexibility index (Phi) is 9.46. The van der Waals surface area contributed by atoms with E-state index in [1.54, 1.807) is 22.1 Å². The van der Waals surface area contributed by atoms with E-state index in [2.05, 4.69) is 6.92 Å². The van der Waals surface area contributed by atoms with Gasteiger partial charge in [-0.1, -0.05) is 44.4 Å². The van der Waals surface area contributed by atoms with Gasteiger partial charge in [0.25, 0.3) is 5.91 Å². The molecule has 3 aromatic rings. The molecule has 38 heavy (non-hydrogen) atoms. The molecular weight excluding hydrogens is 480 g/mol. The lowest BCUT2D eigenvalue weighted by Gasteiger charge is -2.30. The van der Waals surface area contributed by atoms with E-state index in [0.29, 0.717) is 35.9 Å². The van der Waals surface area contributed by atoms with E-state index >= 15 is 0 Å². The summed E-state index contributed by atoms with van der Waals surface area (Å²) in [6.45, 7) is 6.89. The van der Waals surface area contributed by atoms with Gasteiger partial charge in [0.05, 0.1) is 12.8 Å². The number of unbranched alkanes of at least 4 members (excludes halogenated alkanes) is 3. The largest absolute Gasteiger partial charge is 0.467 e. The molecule has 0 spiro atoms. The molecule has 202 valence electrons. The molecule has 0 N–H and O–H groups in total. The number of rotatable bonds is 13. The zero-order chi connectivity index (χ0) is 26.9. The number of carbonyl (C=O) groups is 2. The molecule has 0 aliphatic carbocycles. The highest BCUT2D eigenvalue weighted by Crippen LogP contribution is 2.33. The molecule has 0 saturated heterocycles. The summed E-state index contributed by atoms with van der Waals surface area (Å²) in [5.74, 6) is 1.73. The van der Waals surface area contributed by atoms with Crippen LogP contribution in [0.25, 0.3) is 0 Å². The molecule has 0 unspecified atom stereocenters. The Labute approximate surface area is 225 Å². The highest BCUT2D eigenvalue weighted by molar-refractivity contribution is 5.96. The predicted molar refractivity (Wildman–Crippen MR) is 146 cm³/mol. The minimum absolute atomic E-state index is 0.0273. The molecule has 1 aliphatic heterocycles. The van der Waals surface area contributed by atoms with Crippen molar-refractivity contribution >= 4 is 11.8 Å². The van der Waals surface area contributed by atoms with E-state index in [0.717, 1.165) is 18.4 Å². The quantitative estimate of drug-likeness (QED) is 0.252. The van der Waals surface area contributed by atoms with Crippen molar-refractivity contribution < 1.29 is 23.5 Å². The average molecular weight is 519 g/mol. The van der Waals surface area contributed by atoms with Crippen LogP contribution >= 0.6 is 0 Å². The molecule has 0 bridgehead atoms. The fraction of sp³-hybridized carbons (Fsp3) is 0.419. The van der Waals surface area contributed by atoms with Crippen molar-refractivity contribution in [3.8, 4) is 11.5 Å². The van der Waals surface area contributed by atoms with Gasteiger partial charge in [-0.25, -0.2) is 0 Å². The van der Waals surface area contributed by atoms with Gasteiger partial charge in [-0.05, 0) is 74.2 Å². The third-order valence-electron chi connectivity index (χ3n) is 6.80. The van der Waals surface area contributed by atoms with Crippen molar-refractivity contribution in [1.82, 2.24) is 9.80 Å².